The number of aromatic nitrogens is 1. The first kappa shape index (κ1) is 13.8. The molecular weight excluding hydrogens is 258 g/mol. The van der Waals surface area contributed by atoms with Crippen LogP contribution in [0.15, 0.2) is 28.8 Å². The molecule has 6 nitrogen and oxygen atoms in total. The SMILES string of the molecule is Cc1ccc(C)c(NC(=O)C(=O)Nc2cc(C)on2)c1. The van der Waals surface area contributed by atoms with E-state index < -0.39 is 11.8 Å². The zero-order valence-corrected chi connectivity index (χ0v) is 11.5. The number of rotatable bonds is 2. The molecule has 104 valence electrons. The summed E-state index contributed by atoms with van der Waals surface area (Å²) < 4.78 is 4.80. The fourth-order valence-corrected chi connectivity index (χ4v) is 1.65. The van der Waals surface area contributed by atoms with E-state index in [0.29, 0.717) is 11.4 Å². The van der Waals surface area contributed by atoms with Crippen molar-refractivity contribution in [3.63, 3.8) is 0 Å². The van der Waals surface area contributed by atoms with Gasteiger partial charge in [-0.15, -0.1) is 0 Å². The van der Waals surface area contributed by atoms with Crippen LogP contribution in [0.2, 0.25) is 0 Å². The number of benzene rings is 1. The summed E-state index contributed by atoms with van der Waals surface area (Å²) in [7, 11) is 0. The van der Waals surface area contributed by atoms with Crippen molar-refractivity contribution in [2.24, 2.45) is 0 Å². The molecule has 20 heavy (non-hydrogen) atoms. The smallest absolute Gasteiger partial charge is 0.315 e. The van der Waals surface area contributed by atoms with Gasteiger partial charge in [0.2, 0.25) is 0 Å². The number of carbonyl (C=O) groups excluding carboxylic acids is 2. The second-order valence-corrected chi connectivity index (χ2v) is 4.55. The third-order valence-electron chi connectivity index (χ3n) is 2.72. The van der Waals surface area contributed by atoms with Gasteiger partial charge in [-0.3, -0.25) is 14.9 Å². The zero-order chi connectivity index (χ0) is 14.7. The lowest BCUT2D eigenvalue weighted by Crippen LogP contribution is -2.29. The van der Waals surface area contributed by atoms with E-state index in [1.165, 1.54) is 6.07 Å². The number of carbonyl (C=O) groups is 2. The summed E-state index contributed by atoms with van der Waals surface area (Å²) in [6.45, 7) is 5.46. The van der Waals surface area contributed by atoms with Crippen molar-refractivity contribution in [2.45, 2.75) is 20.8 Å². The first-order chi connectivity index (χ1) is 9.45. The molecule has 0 aliphatic carbocycles. The average Bonchev–Trinajstić information content (AvgIpc) is 2.79. The van der Waals surface area contributed by atoms with E-state index >= 15 is 0 Å². The minimum Gasteiger partial charge on any atom is -0.360 e. The average molecular weight is 273 g/mol. The van der Waals surface area contributed by atoms with E-state index in [1.807, 2.05) is 26.0 Å². The zero-order valence-electron chi connectivity index (χ0n) is 11.5. The Bertz CT molecular complexity index is 661. The van der Waals surface area contributed by atoms with Crippen molar-refractivity contribution in [1.29, 1.82) is 0 Å². The van der Waals surface area contributed by atoms with Crippen LogP contribution in [0, 0.1) is 20.8 Å². The maximum absolute atomic E-state index is 11.8. The summed E-state index contributed by atoms with van der Waals surface area (Å²) in [5, 5.41) is 8.52. The molecular formula is C14H15N3O3. The number of nitrogens with one attached hydrogen (secondary N) is 2. The molecule has 0 atom stereocenters. The second-order valence-electron chi connectivity index (χ2n) is 4.55. The Morgan fingerprint density at radius 3 is 2.40 bits per heavy atom. The topological polar surface area (TPSA) is 84.2 Å². The van der Waals surface area contributed by atoms with Gasteiger partial charge in [-0.2, -0.15) is 0 Å². The minimum atomic E-state index is -0.792. The molecule has 2 amide bonds. The third kappa shape index (κ3) is 3.23. The Balaban J connectivity index is 2.04. The van der Waals surface area contributed by atoms with E-state index in [2.05, 4.69) is 15.8 Å². The molecule has 0 fully saturated rings. The highest BCUT2D eigenvalue weighted by atomic mass is 16.5. The quantitative estimate of drug-likeness (QED) is 0.821. The van der Waals surface area contributed by atoms with Crippen LogP contribution in [0.4, 0.5) is 11.5 Å². The lowest BCUT2D eigenvalue weighted by Gasteiger charge is -2.08. The summed E-state index contributed by atoms with van der Waals surface area (Å²) in [6, 6.07) is 7.15. The Kier molecular flexibility index (Phi) is 3.84. The predicted molar refractivity (Wildman–Crippen MR) is 74.4 cm³/mol. The van der Waals surface area contributed by atoms with Crippen LogP contribution in [0.1, 0.15) is 16.9 Å². The monoisotopic (exact) mass is 273 g/mol. The highest BCUT2D eigenvalue weighted by molar-refractivity contribution is 6.43. The van der Waals surface area contributed by atoms with Crippen LogP contribution in [0.25, 0.3) is 0 Å². The number of hydrogen-bond donors (Lipinski definition) is 2. The van der Waals surface area contributed by atoms with Crippen molar-refractivity contribution in [2.75, 3.05) is 10.6 Å². The minimum absolute atomic E-state index is 0.212. The first-order valence-electron chi connectivity index (χ1n) is 6.08. The first-order valence-corrected chi connectivity index (χ1v) is 6.08. The van der Waals surface area contributed by atoms with E-state index in [1.54, 1.807) is 13.0 Å². The molecule has 1 heterocycles. The van der Waals surface area contributed by atoms with Gasteiger partial charge in [0.05, 0.1) is 0 Å². The van der Waals surface area contributed by atoms with Gasteiger partial charge < -0.3 is 9.84 Å². The maximum Gasteiger partial charge on any atom is 0.315 e. The van der Waals surface area contributed by atoms with Crippen molar-refractivity contribution >= 4 is 23.3 Å². The van der Waals surface area contributed by atoms with Crippen LogP contribution in [-0.2, 0) is 9.59 Å². The number of hydrogen-bond acceptors (Lipinski definition) is 4. The van der Waals surface area contributed by atoms with Crippen LogP contribution in [-0.4, -0.2) is 17.0 Å². The number of nitrogens with zero attached hydrogens (tertiary/aromatic N) is 1. The van der Waals surface area contributed by atoms with Gasteiger partial charge in [-0.25, -0.2) is 0 Å². The van der Waals surface area contributed by atoms with Gasteiger partial charge in [-0.05, 0) is 38.0 Å². The normalized spacial score (nSPS) is 10.2. The lowest BCUT2D eigenvalue weighted by molar-refractivity contribution is -0.133. The van der Waals surface area contributed by atoms with Crippen molar-refractivity contribution in [1.82, 2.24) is 5.16 Å². The Morgan fingerprint density at radius 1 is 1.05 bits per heavy atom. The fourth-order valence-electron chi connectivity index (χ4n) is 1.65. The largest absolute Gasteiger partial charge is 0.360 e. The van der Waals surface area contributed by atoms with Crippen molar-refractivity contribution < 1.29 is 14.1 Å². The molecule has 0 bridgehead atoms. The molecule has 2 aromatic rings. The van der Waals surface area contributed by atoms with E-state index in [-0.39, 0.29) is 5.82 Å². The summed E-state index contributed by atoms with van der Waals surface area (Å²) in [6.07, 6.45) is 0. The molecule has 1 aromatic heterocycles. The van der Waals surface area contributed by atoms with Gasteiger partial charge in [0.15, 0.2) is 5.82 Å². The van der Waals surface area contributed by atoms with E-state index in [4.69, 9.17) is 4.52 Å². The van der Waals surface area contributed by atoms with Gasteiger partial charge in [0, 0.05) is 11.8 Å². The maximum atomic E-state index is 11.8. The van der Waals surface area contributed by atoms with Gasteiger partial charge in [0.1, 0.15) is 5.76 Å². The highest BCUT2D eigenvalue weighted by Gasteiger charge is 2.16. The number of anilines is 2. The fraction of sp³-hybridized carbons (Fsp3) is 0.214. The molecule has 0 saturated heterocycles. The summed E-state index contributed by atoms with van der Waals surface area (Å²) >= 11 is 0. The van der Waals surface area contributed by atoms with E-state index in [9.17, 15) is 9.59 Å². The Labute approximate surface area is 116 Å². The van der Waals surface area contributed by atoms with Crippen LogP contribution >= 0.6 is 0 Å². The van der Waals surface area contributed by atoms with Gasteiger partial charge in [0.25, 0.3) is 0 Å². The number of aryl methyl sites for hydroxylation is 3. The lowest BCUT2D eigenvalue weighted by atomic mass is 10.1. The molecule has 2 N–H and O–H groups in total. The van der Waals surface area contributed by atoms with Crippen LogP contribution in [0.5, 0.6) is 0 Å². The summed E-state index contributed by atoms with van der Waals surface area (Å²) in [5.41, 5.74) is 2.49. The van der Waals surface area contributed by atoms with Crippen LogP contribution in [0.3, 0.4) is 0 Å². The molecule has 0 saturated carbocycles. The molecule has 0 aliphatic heterocycles. The Hall–Kier alpha value is -2.63. The predicted octanol–water partition coefficient (Wildman–Crippen LogP) is 2.18. The third-order valence-corrected chi connectivity index (χ3v) is 2.72. The molecule has 1 aromatic carbocycles. The molecule has 6 heteroatoms. The van der Waals surface area contributed by atoms with Crippen LogP contribution < -0.4 is 10.6 Å². The molecule has 0 radical (unpaired) electrons. The van der Waals surface area contributed by atoms with Crippen molar-refractivity contribution in [3.8, 4) is 0 Å². The molecule has 0 unspecified atom stereocenters. The second kappa shape index (κ2) is 5.56. The summed E-state index contributed by atoms with van der Waals surface area (Å²) in [5.74, 6) is -0.780. The Morgan fingerprint density at radius 2 is 1.75 bits per heavy atom. The van der Waals surface area contributed by atoms with Crippen molar-refractivity contribution in [3.05, 3.63) is 41.2 Å². The van der Waals surface area contributed by atoms with E-state index in [0.717, 1.165) is 11.1 Å². The highest BCUT2D eigenvalue weighted by Crippen LogP contribution is 2.16. The summed E-state index contributed by atoms with van der Waals surface area (Å²) in [4.78, 5) is 23.5. The molecule has 0 aliphatic rings. The van der Waals surface area contributed by atoms with Gasteiger partial charge >= 0.3 is 11.8 Å². The molecule has 0 spiro atoms. The number of amides is 2. The molecule has 2 rings (SSSR count). The standard InChI is InChI=1S/C14H15N3O3/c1-8-4-5-9(2)11(6-8)15-13(18)14(19)16-12-7-10(3)20-17-12/h4-7H,1-3H3,(H,15,18)(H,16,17,19). The van der Waals surface area contributed by atoms with Gasteiger partial charge in [-0.1, -0.05) is 17.3 Å².